The van der Waals surface area contributed by atoms with E-state index in [0.29, 0.717) is 24.2 Å². The summed E-state index contributed by atoms with van der Waals surface area (Å²) in [5.74, 6) is 0.448. The summed E-state index contributed by atoms with van der Waals surface area (Å²) in [6, 6.07) is 5.38. The van der Waals surface area contributed by atoms with E-state index in [1.54, 1.807) is 41.5 Å². The summed E-state index contributed by atoms with van der Waals surface area (Å²) in [4.78, 5) is 39.0. The normalized spacial score (nSPS) is 17.2. The molecule has 0 aliphatic carbocycles. The van der Waals surface area contributed by atoms with Crippen molar-refractivity contribution in [2.24, 2.45) is 5.73 Å². The molecule has 1 atom stereocenters. The fourth-order valence-electron chi connectivity index (χ4n) is 3.63. The number of nitrogens with two attached hydrogens (primary N) is 1. The van der Waals surface area contributed by atoms with Gasteiger partial charge in [0.05, 0.1) is 11.0 Å². The largest absolute Gasteiger partial charge is 0.368 e. The number of aromatic nitrogens is 4. The van der Waals surface area contributed by atoms with Crippen molar-refractivity contribution < 1.29 is 9.59 Å². The minimum atomic E-state index is -0.407. The zero-order chi connectivity index (χ0) is 18.8. The Kier molecular flexibility index (Phi) is 4.53. The van der Waals surface area contributed by atoms with E-state index in [0.717, 1.165) is 24.2 Å². The third kappa shape index (κ3) is 3.51. The van der Waals surface area contributed by atoms with Gasteiger partial charge < -0.3 is 15.2 Å². The van der Waals surface area contributed by atoms with E-state index in [1.807, 2.05) is 11.0 Å². The summed E-state index contributed by atoms with van der Waals surface area (Å²) in [6.45, 7) is 1.36. The van der Waals surface area contributed by atoms with Crippen LogP contribution in [0.2, 0.25) is 0 Å². The molecule has 3 heterocycles. The standard InChI is InChI=1S/C19H20N6O2/c20-17(26)12-24-9-7-23-18(24)14-2-1-8-25(11-14)19(27)13-3-4-15-16(10-13)22-6-5-21-15/h3-7,9-10,14H,1-2,8,11-12H2,(H2,20,26)/t14-/m0/s1. The summed E-state index contributed by atoms with van der Waals surface area (Å²) in [6.07, 6.45) is 8.47. The topological polar surface area (TPSA) is 107 Å². The highest BCUT2D eigenvalue weighted by molar-refractivity contribution is 5.97. The van der Waals surface area contributed by atoms with Crippen molar-refractivity contribution in [3.63, 3.8) is 0 Å². The first-order chi connectivity index (χ1) is 13.1. The van der Waals surface area contributed by atoms with Crippen LogP contribution < -0.4 is 5.73 Å². The highest BCUT2D eigenvalue weighted by Crippen LogP contribution is 2.27. The monoisotopic (exact) mass is 364 g/mol. The first-order valence-electron chi connectivity index (χ1n) is 8.91. The van der Waals surface area contributed by atoms with Gasteiger partial charge in [0.2, 0.25) is 5.91 Å². The second-order valence-electron chi connectivity index (χ2n) is 6.73. The Bertz CT molecular complexity index is 999. The van der Waals surface area contributed by atoms with Gasteiger partial charge in [0.15, 0.2) is 0 Å². The number of benzene rings is 1. The Morgan fingerprint density at radius 1 is 1.11 bits per heavy atom. The molecule has 0 bridgehead atoms. The molecule has 1 aliphatic rings. The van der Waals surface area contributed by atoms with Crippen LogP contribution in [0.3, 0.4) is 0 Å². The summed E-state index contributed by atoms with van der Waals surface area (Å²) >= 11 is 0. The number of primary amides is 1. The number of carbonyl (C=O) groups excluding carboxylic acids is 2. The van der Waals surface area contributed by atoms with Gasteiger partial charge in [-0.1, -0.05) is 0 Å². The van der Waals surface area contributed by atoms with E-state index in [1.165, 1.54) is 0 Å². The summed E-state index contributed by atoms with van der Waals surface area (Å²) in [7, 11) is 0. The van der Waals surface area contributed by atoms with Crippen molar-refractivity contribution in [1.82, 2.24) is 24.4 Å². The molecule has 1 aliphatic heterocycles. The van der Waals surface area contributed by atoms with E-state index >= 15 is 0 Å². The molecule has 8 heteroatoms. The molecule has 0 radical (unpaired) electrons. The highest BCUT2D eigenvalue weighted by atomic mass is 16.2. The van der Waals surface area contributed by atoms with Gasteiger partial charge in [-0.05, 0) is 31.0 Å². The van der Waals surface area contributed by atoms with Gasteiger partial charge in [0.25, 0.3) is 5.91 Å². The first-order valence-corrected chi connectivity index (χ1v) is 8.91. The summed E-state index contributed by atoms with van der Waals surface area (Å²) in [5.41, 5.74) is 7.38. The number of carbonyl (C=O) groups is 2. The molecule has 2 aromatic heterocycles. The maximum Gasteiger partial charge on any atom is 0.253 e. The number of nitrogens with zero attached hydrogens (tertiary/aromatic N) is 5. The Balaban J connectivity index is 1.54. The zero-order valence-electron chi connectivity index (χ0n) is 14.8. The van der Waals surface area contributed by atoms with Gasteiger partial charge in [-0.15, -0.1) is 0 Å². The van der Waals surface area contributed by atoms with Crippen LogP contribution in [0, 0.1) is 0 Å². The van der Waals surface area contributed by atoms with Crippen LogP contribution in [0.1, 0.15) is 34.9 Å². The van der Waals surface area contributed by atoms with Crippen molar-refractivity contribution >= 4 is 22.8 Å². The predicted molar refractivity (Wildman–Crippen MR) is 98.8 cm³/mol. The Morgan fingerprint density at radius 3 is 2.74 bits per heavy atom. The lowest BCUT2D eigenvalue weighted by Crippen LogP contribution is -2.40. The number of hydrogen-bond acceptors (Lipinski definition) is 5. The molecule has 138 valence electrons. The molecule has 2 amide bonds. The maximum absolute atomic E-state index is 13.0. The van der Waals surface area contributed by atoms with Crippen LogP contribution >= 0.6 is 0 Å². The van der Waals surface area contributed by atoms with Crippen LogP contribution in [0.25, 0.3) is 11.0 Å². The molecule has 0 spiro atoms. The number of likely N-dealkylation sites (tertiary alicyclic amines) is 1. The zero-order valence-corrected chi connectivity index (χ0v) is 14.8. The maximum atomic E-state index is 13.0. The van der Waals surface area contributed by atoms with Crippen LogP contribution in [-0.2, 0) is 11.3 Å². The number of imidazole rings is 1. The predicted octanol–water partition coefficient (Wildman–Crippen LogP) is 1.33. The fourth-order valence-corrected chi connectivity index (χ4v) is 3.63. The second kappa shape index (κ2) is 7.14. The van der Waals surface area contributed by atoms with Gasteiger partial charge >= 0.3 is 0 Å². The third-order valence-corrected chi connectivity index (χ3v) is 4.86. The Labute approximate surface area is 156 Å². The molecule has 4 rings (SSSR count). The van der Waals surface area contributed by atoms with Gasteiger partial charge in [-0.2, -0.15) is 0 Å². The van der Waals surface area contributed by atoms with Crippen LogP contribution in [0.4, 0.5) is 0 Å². The number of hydrogen-bond donors (Lipinski definition) is 1. The van der Waals surface area contributed by atoms with Gasteiger partial charge in [0.1, 0.15) is 12.4 Å². The second-order valence-corrected chi connectivity index (χ2v) is 6.73. The van der Waals surface area contributed by atoms with Crippen molar-refractivity contribution in [2.75, 3.05) is 13.1 Å². The number of piperidine rings is 1. The van der Waals surface area contributed by atoms with Crippen LogP contribution in [0.5, 0.6) is 0 Å². The van der Waals surface area contributed by atoms with Crippen molar-refractivity contribution in [3.8, 4) is 0 Å². The van der Waals surface area contributed by atoms with E-state index in [4.69, 9.17) is 5.73 Å². The lowest BCUT2D eigenvalue weighted by molar-refractivity contribution is -0.118. The minimum Gasteiger partial charge on any atom is -0.368 e. The molecule has 27 heavy (non-hydrogen) atoms. The lowest BCUT2D eigenvalue weighted by Gasteiger charge is -2.32. The highest BCUT2D eigenvalue weighted by Gasteiger charge is 2.28. The van der Waals surface area contributed by atoms with E-state index in [-0.39, 0.29) is 18.4 Å². The fraction of sp³-hybridized carbons (Fsp3) is 0.316. The minimum absolute atomic E-state index is 0.0275. The Morgan fingerprint density at radius 2 is 1.93 bits per heavy atom. The van der Waals surface area contributed by atoms with Crippen molar-refractivity contribution in [1.29, 1.82) is 0 Å². The Hall–Kier alpha value is -3.29. The van der Waals surface area contributed by atoms with Gasteiger partial charge in [-0.3, -0.25) is 19.6 Å². The number of fused-ring (bicyclic) bond motifs is 1. The van der Waals surface area contributed by atoms with Crippen LogP contribution in [-0.4, -0.2) is 49.3 Å². The number of rotatable bonds is 4. The quantitative estimate of drug-likeness (QED) is 0.751. The molecule has 0 saturated carbocycles. The molecule has 1 aromatic carbocycles. The average molecular weight is 364 g/mol. The molecular weight excluding hydrogens is 344 g/mol. The molecule has 1 fully saturated rings. The lowest BCUT2D eigenvalue weighted by atomic mass is 9.96. The SMILES string of the molecule is NC(=O)Cn1ccnc1[C@H]1CCCN(C(=O)c2ccc3nccnc3c2)C1. The summed E-state index contributed by atoms with van der Waals surface area (Å²) < 4.78 is 1.77. The number of amides is 2. The van der Waals surface area contributed by atoms with E-state index < -0.39 is 5.91 Å². The molecule has 1 saturated heterocycles. The van der Waals surface area contributed by atoms with E-state index in [9.17, 15) is 9.59 Å². The molecule has 2 N–H and O–H groups in total. The molecular formula is C19H20N6O2. The molecule has 3 aromatic rings. The van der Waals surface area contributed by atoms with Crippen molar-refractivity contribution in [2.45, 2.75) is 25.3 Å². The van der Waals surface area contributed by atoms with Gasteiger partial charge in [-0.25, -0.2) is 4.98 Å². The van der Waals surface area contributed by atoms with Gasteiger partial charge in [0, 0.05) is 49.4 Å². The van der Waals surface area contributed by atoms with Crippen LogP contribution in [0.15, 0.2) is 43.0 Å². The molecule has 8 nitrogen and oxygen atoms in total. The first kappa shape index (κ1) is 17.1. The summed E-state index contributed by atoms with van der Waals surface area (Å²) in [5, 5.41) is 0. The average Bonchev–Trinajstić information content (AvgIpc) is 3.14. The smallest absolute Gasteiger partial charge is 0.253 e. The molecule has 0 unspecified atom stereocenters. The third-order valence-electron chi connectivity index (χ3n) is 4.86. The van der Waals surface area contributed by atoms with E-state index in [2.05, 4.69) is 15.0 Å². The van der Waals surface area contributed by atoms with Crippen molar-refractivity contribution in [3.05, 3.63) is 54.4 Å².